The number of aromatic nitrogens is 1. The van der Waals surface area contributed by atoms with Gasteiger partial charge in [0.25, 0.3) is 0 Å². The molecule has 3 aromatic carbocycles. The minimum atomic E-state index is -4.67. The third-order valence-electron chi connectivity index (χ3n) is 6.34. The van der Waals surface area contributed by atoms with E-state index in [2.05, 4.69) is 15.6 Å². The van der Waals surface area contributed by atoms with Gasteiger partial charge in [-0.05, 0) is 55.3 Å². The zero-order chi connectivity index (χ0) is 29.4. The number of ether oxygens (including phenoxy) is 3. The Labute approximate surface area is 242 Å². The van der Waals surface area contributed by atoms with Crippen molar-refractivity contribution in [3.63, 3.8) is 0 Å². The lowest BCUT2D eigenvalue weighted by Gasteiger charge is -2.16. The molecule has 1 aromatic heterocycles. The van der Waals surface area contributed by atoms with Crippen molar-refractivity contribution in [2.24, 2.45) is 5.73 Å². The highest BCUT2D eigenvalue weighted by Crippen LogP contribution is 2.40. The van der Waals surface area contributed by atoms with Crippen LogP contribution in [0.15, 0.2) is 60.8 Å². The van der Waals surface area contributed by atoms with Crippen LogP contribution in [-0.2, 0) is 6.18 Å². The van der Waals surface area contributed by atoms with Gasteiger partial charge in [0.1, 0.15) is 18.1 Å². The highest BCUT2D eigenvalue weighted by molar-refractivity contribution is 6.34. The first kappa shape index (κ1) is 28.6. The van der Waals surface area contributed by atoms with Gasteiger partial charge in [0.2, 0.25) is 0 Å². The number of nitrogens with one attached hydrogen (secondary N) is 2. The Hall–Kier alpha value is -3.93. The fourth-order valence-corrected chi connectivity index (χ4v) is 4.35. The Kier molecular flexibility index (Phi) is 7.78. The van der Waals surface area contributed by atoms with E-state index in [0.717, 1.165) is 25.0 Å². The average molecular weight is 607 g/mol. The number of nitrogens with two attached hydrogens (primary N) is 1. The summed E-state index contributed by atoms with van der Waals surface area (Å²) in [5.74, 6) is 1.84. The first-order chi connectivity index (χ1) is 19.4. The van der Waals surface area contributed by atoms with Crippen LogP contribution in [0, 0.1) is 0 Å². The number of alkyl halides is 3. The maximum absolute atomic E-state index is 13.1. The predicted molar refractivity (Wildman–Crippen MR) is 151 cm³/mol. The second-order valence-electron chi connectivity index (χ2n) is 9.50. The molecule has 2 amide bonds. The molecule has 13 heteroatoms. The SMILES string of the molecule is COc1cc2c(Oc3ccc(NC(=O)Nc4ccc(Cl)c(C(F)(F)F)c4)c(Cl)c3)ccnc2cc1OCC1(N)CC1. The highest BCUT2D eigenvalue weighted by atomic mass is 35.5. The quantitative estimate of drug-likeness (QED) is 0.188. The number of urea groups is 1. The van der Waals surface area contributed by atoms with Crippen LogP contribution in [0.1, 0.15) is 18.4 Å². The third-order valence-corrected chi connectivity index (χ3v) is 6.98. The van der Waals surface area contributed by atoms with Gasteiger partial charge < -0.3 is 30.6 Å². The van der Waals surface area contributed by atoms with E-state index in [-0.39, 0.29) is 21.9 Å². The van der Waals surface area contributed by atoms with Gasteiger partial charge in [0.05, 0.1) is 39.5 Å². The number of halogens is 5. The number of pyridine rings is 1. The number of anilines is 2. The summed E-state index contributed by atoms with van der Waals surface area (Å²) in [7, 11) is 1.53. The van der Waals surface area contributed by atoms with Gasteiger partial charge in [-0.2, -0.15) is 13.2 Å². The fraction of sp³-hybridized carbons (Fsp3) is 0.214. The van der Waals surface area contributed by atoms with Crippen molar-refractivity contribution in [2.45, 2.75) is 24.6 Å². The molecule has 1 aliphatic rings. The minimum absolute atomic E-state index is 0.0982. The lowest BCUT2D eigenvalue weighted by atomic mass is 10.1. The lowest BCUT2D eigenvalue weighted by Crippen LogP contribution is -2.29. The standard InChI is InChI=1S/C28H23Cl2F3N4O4/c1-39-24-12-17-22(13-25(24)40-14-27(34)7-8-27)35-9-6-23(17)41-16-3-5-21(20(30)11-16)37-26(38)36-15-2-4-19(29)18(10-15)28(31,32)33/h2-6,9-13H,7-8,14,34H2,1H3,(H2,36,37,38). The molecular formula is C28H23Cl2F3N4O4. The number of benzene rings is 3. The Bertz CT molecular complexity index is 1630. The van der Waals surface area contributed by atoms with Crippen LogP contribution < -0.4 is 30.6 Å². The molecule has 4 N–H and O–H groups in total. The van der Waals surface area contributed by atoms with Crippen molar-refractivity contribution < 1.29 is 32.2 Å². The molecule has 1 heterocycles. The molecule has 0 bridgehead atoms. The molecule has 0 spiro atoms. The molecule has 0 atom stereocenters. The van der Waals surface area contributed by atoms with E-state index in [4.69, 9.17) is 43.1 Å². The minimum Gasteiger partial charge on any atom is -0.493 e. The number of amides is 2. The number of hydrogen-bond acceptors (Lipinski definition) is 6. The van der Waals surface area contributed by atoms with Crippen LogP contribution in [0.5, 0.6) is 23.0 Å². The van der Waals surface area contributed by atoms with Gasteiger partial charge >= 0.3 is 12.2 Å². The maximum Gasteiger partial charge on any atom is 0.417 e. The van der Waals surface area contributed by atoms with Crippen LogP contribution in [0.3, 0.4) is 0 Å². The molecule has 5 rings (SSSR count). The summed E-state index contributed by atoms with van der Waals surface area (Å²) in [6.45, 7) is 0.371. The van der Waals surface area contributed by atoms with Crippen molar-refractivity contribution in [1.82, 2.24) is 4.98 Å². The third kappa shape index (κ3) is 6.70. The summed E-state index contributed by atoms with van der Waals surface area (Å²) < 4.78 is 56.8. The van der Waals surface area contributed by atoms with E-state index in [0.29, 0.717) is 40.5 Å². The van der Waals surface area contributed by atoms with Gasteiger partial charge in [-0.3, -0.25) is 4.98 Å². The Morgan fingerprint density at radius 2 is 1.78 bits per heavy atom. The van der Waals surface area contributed by atoms with Crippen LogP contribution in [0.2, 0.25) is 10.0 Å². The zero-order valence-electron chi connectivity index (χ0n) is 21.4. The molecule has 1 saturated carbocycles. The average Bonchev–Trinajstić information content (AvgIpc) is 3.66. The largest absolute Gasteiger partial charge is 0.493 e. The Balaban J connectivity index is 1.30. The number of methoxy groups -OCH3 is 1. The molecule has 8 nitrogen and oxygen atoms in total. The molecule has 0 unspecified atom stereocenters. The smallest absolute Gasteiger partial charge is 0.417 e. The number of nitrogens with zero attached hydrogens (tertiary/aromatic N) is 1. The molecule has 0 radical (unpaired) electrons. The topological polar surface area (TPSA) is 108 Å². The van der Waals surface area contributed by atoms with E-state index in [9.17, 15) is 18.0 Å². The summed E-state index contributed by atoms with van der Waals surface area (Å²) >= 11 is 12.0. The number of rotatable bonds is 8. The number of carbonyl (C=O) groups is 1. The van der Waals surface area contributed by atoms with Crippen molar-refractivity contribution in [3.05, 3.63) is 76.4 Å². The van der Waals surface area contributed by atoms with Crippen molar-refractivity contribution in [3.8, 4) is 23.0 Å². The Morgan fingerprint density at radius 1 is 1.00 bits per heavy atom. The first-order valence-corrected chi connectivity index (χ1v) is 13.0. The van der Waals surface area contributed by atoms with Crippen molar-refractivity contribution >= 4 is 51.5 Å². The second kappa shape index (κ2) is 11.2. The normalized spacial score (nSPS) is 13.9. The van der Waals surface area contributed by atoms with E-state index in [1.54, 1.807) is 30.5 Å². The predicted octanol–water partition coefficient (Wildman–Crippen LogP) is 7.88. The monoisotopic (exact) mass is 606 g/mol. The summed E-state index contributed by atoms with van der Waals surface area (Å²) in [5, 5.41) is 5.14. The first-order valence-electron chi connectivity index (χ1n) is 12.2. The molecule has 214 valence electrons. The maximum atomic E-state index is 13.1. The Morgan fingerprint density at radius 3 is 2.46 bits per heavy atom. The molecule has 0 aliphatic heterocycles. The van der Waals surface area contributed by atoms with E-state index in [1.807, 2.05) is 0 Å². The van der Waals surface area contributed by atoms with Crippen molar-refractivity contribution in [1.29, 1.82) is 0 Å². The van der Waals surface area contributed by atoms with Crippen LogP contribution in [-0.4, -0.2) is 30.3 Å². The lowest BCUT2D eigenvalue weighted by molar-refractivity contribution is -0.137. The number of carbonyl (C=O) groups excluding carboxylic acids is 1. The zero-order valence-corrected chi connectivity index (χ0v) is 23.0. The summed E-state index contributed by atoms with van der Waals surface area (Å²) in [5.41, 5.74) is 5.49. The van der Waals surface area contributed by atoms with Crippen LogP contribution in [0.4, 0.5) is 29.3 Å². The molecule has 4 aromatic rings. The summed E-state index contributed by atoms with van der Waals surface area (Å²) in [6, 6.07) is 12.0. The number of hydrogen-bond donors (Lipinski definition) is 3. The van der Waals surface area contributed by atoms with Gasteiger partial charge in [-0.15, -0.1) is 0 Å². The van der Waals surface area contributed by atoms with E-state index < -0.39 is 22.8 Å². The molecule has 1 aliphatic carbocycles. The van der Waals surface area contributed by atoms with Gasteiger partial charge in [0.15, 0.2) is 11.5 Å². The molecule has 0 saturated heterocycles. The highest BCUT2D eigenvalue weighted by Gasteiger charge is 2.39. The number of fused-ring (bicyclic) bond motifs is 1. The van der Waals surface area contributed by atoms with E-state index >= 15 is 0 Å². The second-order valence-corrected chi connectivity index (χ2v) is 10.3. The molecule has 41 heavy (non-hydrogen) atoms. The van der Waals surface area contributed by atoms with Gasteiger partial charge in [0, 0.05) is 29.4 Å². The van der Waals surface area contributed by atoms with E-state index in [1.165, 1.54) is 25.3 Å². The van der Waals surface area contributed by atoms with Crippen LogP contribution in [0.25, 0.3) is 10.9 Å². The summed E-state index contributed by atoms with van der Waals surface area (Å²) in [4.78, 5) is 16.8. The van der Waals surface area contributed by atoms with Crippen molar-refractivity contribution in [2.75, 3.05) is 24.4 Å². The summed E-state index contributed by atoms with van der Waals surface area (Å²) in [6.07, 6.45) is -1.27. The fourth-order valence-electron chi connectivity index (χ4n) is 3.91. The molecular weight excluding hydrogens is 584 g/mol. The van der Waals surface area contributed by atoms with Crippen LogP contribution >= 0.6 is 23.2 Å². The molecule has 1 fully saturated rings. The van der Waals surface area contributed by atoms with Gasteiger partial charge in [-0.25, -0.2) is 4.79 Å². The van der Waals surface area contributed by atoms with Gasteiger partial charge in [-0.1, -0.05) is 23.2 Å².